The standard InChI is InChI=1S/C9H10N2O2S/c1-14(12,13)6-8-7(5-10)3-2-4-9(8)11/h2-4H,6,11H2,1H3. The van der Waals surface area contributed by atoms with E-state index in [0.29, 0.717) is 16.8 Å². The highest BCUT2D eigenvalue weighted by atomic mass is 32.2. The maximum Gasteiger partial charge on any atom is 0.151 e. The number of nitriles is 1. The molecule has 0 saturated heterocycles. The van der Waals surface area contributed by atoms with E-state index in [2.05, 4.69) is 0 Å². The lowest BCUT2D eigenvalue weighted by atomic mass is 10.1. The van der Waals surface area contributed by atoms with Crippen molar-refractivity contribution in [3.05, 3.63) is 29.3 Å². The first-order valence-corrected chi connectivity index (χ1v) is 5.95. The minimum atomic E-state index is -3.16. The van der Waals surface area contributed by atoms with Crippen LogP contribution in [0.2, 0.25) is 0 Å². The Hall–Kier alpha value is -1.54. The summed E-state index contributed by atoms with van der Waals surface area (Å²) < 4.78 is 22.1. The summed E-state index contributed by atoms with van der Waals surface area (Å²) in [6.07, 6.45) is 1.11. The Kier molecular flexibility index (Phi) is 2.77. The number of benzene rings is 1. The van der Waals surface area contributed by atoms with Crippen LogP contribution in [0.4, 0.5) is 5.69 Å². The normalized spacial score (nSPS) is 10.9. The molecule has 0 spiro atoms. The Bertz CT molecular complexity index is 486. The number of rotatable bonds is 2. The molecular weight excluding hydrogens is 200 g/mol. The van der Waals surface area contributed by atoms with Gasteiger partial charge in [0.15, 0.2) is 9.84 Å². The second-order valence-electron chi connectivity index (χ2n) is 3.06. The van der Waals surface area contributed by atoms with Crippen LogP contribution in [0.3, 0.4) is 0 Å². The summed E-state index contributed by atoms with van der Waals surface area (Å²) in [4.78, 5) is 0. The number of nitrogen functional groups attached to an aromatic ring is 1. The quantitative estimate of drug-likeness (QED) is 0.728. The van der Waals surface area contributed by atoms with Crippen LogP contribution in [-0.2, 0) is 15.6 Å². The zero-order valence-corrected chi connectivity index (χ0v) is 8.50. The molecule has 1 rings (SSSR count). The summed E-state index contributed by atoms with van der Waals surface area (Å²) in [5.74, 6) is -0.192. The summed E-state index contributed by atoms with van der Waals surface area (Å²) in [7, 11) is -3.16. The Morgan fingerprint density at radius 3 is 2.64 bits per heavy atom. The zero-order chi connectivity index (χ0) is 10.8. The fourth-order valence-electron chi connectivity index (χ4n) is 1.13. The summed E-state index contributed by atoms with van der Waals surface area (Å²) in [5.41, 5.74) is 6.63. The number of anilines is 1. The molecule has 0 fully saturated rings. The largest absolute Gasteiger partial charge is 0.398 e. The fraction of sp³-hybridized carbons (Fsp3) is 0.222. The Morgan fingerprint density at radius 1 is 1.50 bits per heavy atom. The molecule has 0 aliphatic rings. The van der Waals surface area contributed by atoms with Gasteiger partial charge in [-0.15, -0.1) is 0 Å². The third-order valence-electron chi connectivity index (χ3n) is 1.74. The molecule has 0 saturated carbocycles. The lowest BCUT2D eigenvalue weighted by Crippen LogP contribution is -2.05. The van der Waals surface area contributed by atoms with E-state index < -0.39 is 9.84 Å². The van der Waals surface area contributed by atoms with Crippen molar-refractivity contribution in [2.45, 2.75) is 5.75 Å². The van der Waals surface area contributed by atoms with E-state index in [1.165, 1.54) is 0 Å². The van der Waals surface area contributed by atoms with Crippen LogP contribution < -0.4 is 5.73 Å². The molecule has 0 atom stereocenters. The van der Waals surface area contributed by atoms with Gasteiger partial charge in [0.1, 0.15) is 0 Å². The second kappa shape index (κ2) is 3.68. The van der Waals surface area contributed by atoms with E-state index >= 15 is 0 Å². The van der Waals surface area contributed by atoms with Gasteiger partial charge < -0.3 is 5.73 Å². The Balaban J connectivity index is 3.27. The first kappa shape index (κ1) is 10.5. The Labute approximate surface area is 82.9 Å². The van der Waals surface area contributed by atoms with Crippen LogP contribution in [-0.4, -0.2) is 14.7 Å². The lowest BCUT2D eigenvalue weighted by molar-refractivity contribution is 0.601. The van der Waals surface area contributed by atoms with Crippen molar-refractivity contribution in [1.29, 1.82) is 5.26 Å². The minimum absolute atomic E-state index is 0.192. The van der Waals surface area contributed by atoms with E-state index in [-0.39, 0.29) is 5.75 Å². The molecule has 0 aromatic heterocycles. The van der Waals surface area contributed by atoms with Gasteiger partial charge in [-0.2, -0.15) is 5.26 Å². The van der Waals surface area contributed by atoms with Gasteiger partial charge in [-0.05, 0) is 12.1 Å². The van der Waals surface area contributed by atoms with Crippen LogP contribution in [0.25, 0.3) is 0 Å². The van der Waals surface area contributed by atoms with Crippen molar-refractivity contribution in [3.8, 4) is 6.07 Å². The number of nitrogens with two attached hydrogens (primary N) is 1. The maximum absolute atomic E-state index is 11.1. The average Bonchev–Trinajstić information content (AvgIpc) is 2.06. The predicted octanol–water partition coefficient (Wildman–Crippen LogP) is 0.685. The zero-order valence-electron chi connectivity index (χ0n) is 7.69. The SMILES string of the molecule is CS(=O)(=O)Cc1c(N)cccc1C#N. The molecule has 0 radical (unpaired) electrons. The molecule has 14 heavy (non-hydrogen) atoms. The van der Waals surface area contributed by atoms with Gasteiger partial charge in [-0.3, -0.25) is 0 Å². The van der Waals surface area contributed by atoms with Crippen molar-refractivity contribution < 1.29 is 8.42 Å². The first-order chi connectivity index (χ1) is 6.44. The molecule has 5 heteroatoms. The molecular formula is C9H10N2O2S. The summed E-state index contributed by atoms with van der Waals surface area (Å²) >= 11 is 0. The van der Waals surface area contributed by atoms with Crippen molar-refractivity contribution in [2.24, 2.45) is 0 Å². The maximum atomic E-state index is 11.1. The number of hydrogen-bond donors (Lipinski definition) is 1. The van der Waals surface area contributed by atoms with Gasteiger partial charge in [0, 0.05) is 17.5 Å². The van der Waals surface area contributed by atoms with Crippen molar-refractivity contribution >= 4 is 15.5 Å². The minimum Gasteiger partial charge on any atom is -0.398 e. The van der Waals surface area contributed by atoms with E-state index in [1.54, 1.807) is 18.2 Å². The third-order valence-corrected chi connectivity index (χ3v) is 2.55. The van der Waals surface area contributed by atoms with Crippen LogP contribution in [0.1, 0.15) is 11.1 Å². The molecule has 2 N–H and O–H groups in total. The predicted molar refractivity (Wildman–Crippen MR) is 54.1 cm³/mol. The molecule has 0 bridgehead atoms. The summed E-state index contributed by atoms with van der Waals surface area (Å²) in [6, 6.07) is 6.68. The molecule has 0 aliphatic heterocycles. The van der Waals surface area contributed by atoms with Gasteiger partial charge in [-0.25, -0.2) is 8.42 Å². The molecule has 0 heterocycles. The van der Waals surface area contributed by atoms with Crippen LogP contribution in [0.5, 0.6) is 0 Å². The van der Waals surface area contributed by atoms with Crippen LogP contribution >= 0.6 is 0 Å². The van der Waals surface area contributed by atoms with Gasteiger partial charge in [0.2, 0.25) is 0 Å². The Morgan fingerprint density at radius 2 is 2.14 bits per heavy atom. The number of sulfone groups is 1. The molecule has 4 nitrogen and oxygen atoms in total. The fourth-order valence-corrected chi connectivity index (χ4v) is 1.98. The van der Waals surface area contributed by atoms with Crippen molar-refractivity contribution in [2.75, 3.05) is 12.0 Å². The van der Waals surface area contributed by atoms with Crippen LogP contribution in [0, 0.1) is 11.3 Å². The van der Waals surface area contributed by atoms with Gasteiger partial charge in [0.25, 0.3) is 0 Å². The molecule has 0 unspecified atom stereocenters. The van der Waals surface area contributed by atoms with Crippen LogP contribution in [0.15, 0.2) is 18.2 Å². The van der Waals surface area contributed by atoms with E-state index in [0.717, 1.165) is 6.26 Å². The van der Waals surface area contributed by atoms with Gasteiger partial charge in [0.05, 0.1) is 17.4 Å². The smallest absolute Gasteiger partial charge is 0.151 e. The summed E-state index contributed by atoms with van der Waals surface area (Å²) in [6.45, 7) is 0. The number of nitrogens with zero attached hydrogens (tertiary/aromatic N) is 1. The number of hydrogen-bond acceptors (Lipinski definition) is 4. The molecule has 74 valence electrons. The van der Waals surface area contributed by atoms with E-state index in [4.69, 9.17) is 11.0 Å². The highest BCUT2D eigenvalue weighted by molar-refractivity contribution is 7.89. The van der Waals surface area contributed by atoms with E-state index in [1.807, 2.05) is 6.07 Å². The van der Waals surface area contributed by atoms with Crippen molar-refractivity contribution in [3.63, 3.8) is 0 Å². The molecule has 1 aromatic carbocycles. The second-order valence-corrected chi connectivity index (χ2v) is 5.20. The van der Waals surface area contributed by atoms with Gasteiger partial charge in [-0.1, -0.05) is 6.07 Å². The van der Waals surface area contributed by atoms with E-state index in [9.17, 15) is 8.42 Å². The molecule has 0 aliphatic carbocycles. The topological polar surface area (TPSA) is 83.9 Å². The third kappa shape index (κ3) is 2.47. The lowest BCUT2D eigenvalue weighted by Gasteiger charge is -2.05. The first-order valence-electron chi connectivity index (χ1n) is 3.89. The highest BCUT2D eigenvalue weighted by Gasteiger charge is 2.11. The average molecular weight is 210 g/mol. The summed E-state index contributed by atoms with van der Waals surface area (Å²) in [5, 5.41) is 8.74. The van der Waals surface area contributed by atoms with Gasteiger partial charge >= 0.3 is 0 Å². The molecule has 1 aromatic rings. The highest BCUT2D eigenvalue weighted by Crippen LogP contribution is 2.18. The van der Waals surface area contributed by atoms with Crippen molar-refractivity contribution in [1.82, 2.24) is 0 Å². The monoisotopic (exact) mass is 210 g/mol. The molecule has 0 amide bonds.